The highest BCUT2D eigenvalue weighted by molar-refractivity contribution is 7.85. The zero-order chi connectivity index (χ0) is 13.1. The molecule has 0 bridgehead atoms. The lowest BCUT2D eigenvalue weighted by molar-refractivity contribution is 0.127. The minimum Gasteiger partial charge on any atom is -0.377 e. The maximum Gasteiger partial charge on any atom is 0.0691 e. The Kier molecular flexibility index (Phi) is 4.54. The van der Waals surface area contributed by atoms with E-state index in [1.165, 1.54) is 5.56 Å². The molecule has 2 N–H and O–H groups in total. The Morgan fingerprint density at radius 3 is 2.67 bits per heavy atom. The highest BCUT2D eigenvalue weighted by Crippen LogP contribution is 2.21. The Hall–Kier alpha value is -0.710. The predicted molar refractivity (Wildman–Crippen MR) is 74.9 cm³/mol. The smallest absolute Gasteiger partial charge is 0.0691 e. The van der Waals surface area contributed by atoms with E-state index in [0.29, 0.717) is 5.75 Å². The molecule has 1 fully saturated rings. The summed E-state index contributed by atoms with van der Waals surface area (Å²) in [6.45, 7) is 4.76. The fourth-order valence-electron chi connectivity index (χ4n) is 2.27. The Balaban J connectivity index is 1.96. The van der Waals surface area contributed by atoms with Crippen molar-refractivity contribution in [3.63, 3.8) is 0 Å². The van der Waals surface area contributed by atoms with Crippen LogP contribution in [0.3, 0.4) is 0 Å². The van der Waals surface area contributed by atoms with Crippen molar-refractivity contribution in [3.8, 4) is 0 Å². The number of nitrogens with two attached hydrogens (primary N) is 1. The van der Waals surface area contributed by atoms with Crippen LogP contribution in [-0.4, -0.2) is 27.9 Å². The van der Waals surface area contributed by atoms with E-state index in [1.54, 1.807) is 0 Å². The van der Waals surface area contributed by atoms with Gasteiger partial charge in [0, 0.05) is 29.2 Å². The van der Waals surface area contributed by atoms with Crippen LogP contribution in [-0.2, 0) is 15.5 Å². The monoisotopic (exact) mass is 267 g/mol. The van der Waals surface area contributed by atoms with E-state index in [2.05, 4.69) is 0 Å². The molecule has 0 aromatic heterocycles. The number of benzene rings is 1. The SMILES string of the molecule is Cc1ccc(C(N)CS(=O)C2CCOC2C)cc1. The van der Waals surface area contributed by atoms with Gasteiger partial charge in [0.1, 0.15) is 0 Å². The quantitative estimate of drug-likeness (QED) is 0.907. The van der Waals surface area contributed by atoms with Gasteiger partial charge >= 0.3 is 0 Å². The molecular formula is C14H21NO2S. The molecule has 0 radical (unpaired) electrons. The second kappa shape index (κ2) is 5.95. The Morgan fingerprint density at radius 2 is 2.11 bits per heavy atom. The van der Waals surface area contributed by atoms with Gasteiger partial charge in [0.05, 0.1) is 11.4 Å². The molecule has 100 valence electrons. The second-order valence-electron chi connectivity index (χ2n) is 4.97. The molecule has 4 unspecified atom stereocenters. The van der Waals surface area contributed by atoms with Gasteiger partial charge in [-0.05, 0) is 25.8 Å². The van der Waals surface area contributed by atoms with E-state index in [9.17, 15) is 4.21 Å². The molecule has 0 saturated carbocycles. The van der Waals surface area contributed by atoms with Gasteiger partial charge in [0.25, 0.3) is 0 Å². The molecule has 2 rings (SSSR count). The zero-order valence-corrected chi connectivity index (χ0v) is 11.8. The number of hydrogen-bond acceptors (Lipinski definition) is 3. The summed E-state index contributed by atoms with van der Waals surface area (Å²) in [6.07, 6.45) is 0.977. The molecule has 1 heterocycles. The van der Waals surface area contributed by atoms with Crippen molar-refractivity contribution in [1.29, 1.82) is 0 Å². The van der Waals surface area contributed by atoms with Crippen molar-refractivity contribution in [1.82, 2.24) is 0 Å². The summed E-state index contributed by atoms with van der Waals surface area (Å²) < 4.78 is 17.7. The van der Waals surface area contributed by atoms with Crippen LogP contribution in [0.5, 0.6) is 0 Å². The molecule has 4 heteroatoms. The van der Waals surface area contributed by atoms with Crippen molar-refractivity contribution in [3.05, 3.63) is 35.4 Å². The fraction of sp³-hybridized carbons (Fsp3) is 0.571. The third-order valence-corrected chi connectivity index (χ3v) is 5.48. The van der Waals surface area contributed by atoms with Crippen LogP contribution in [0.4, 0.5) is 0 Å². The van der Waals surface area contributed by atoms with Crippen LogP contribution < -0.4 is 5.73 Å². The van der Waals surface area contributed by atoms with Crippen LogP contribution in [0.25, 0.3) is 0 Å². The third kappa shape index (κ3) is 3.19. The van der Waals surface area contributed by atoms with Gasteiger partial charge in [-0.2, -0.15) is 0 Å². The summed E-state index contributed by atoms with van der Waals surface area (Å²) in [5, 5.41) is 0.140. The number of ether oxygens (including phenoxy) is 1. The van der Waals surface area contributed by atoms with Gasteiger partial charge in [0.2, 0.25) is 0 Å². The highest BCUT2D eigenvalue weighted by Gasteiger charge is 2.30. The minimum atomic E-state index is -0.911. The first-order valence-electron chi connectivity index (χ1n) is 6.39. The second-order valence-corrected chi connectivity index (χ2v) is 6.67. The maximum absolute atomic E-state index is 12.3. The lowest BCUT2D eigenvalue weighted by Gasteiger charge is -2.17. The number of hydrogen-bond donors (Lipinski definition) is 1. The maximum atomic E-state index is 12.3. The van der Waals surface area contributed by atoms with Crippen LogP contribution in [0, 0.1) is 6.92 Å². The first-order chi connectivity index (χ1) is 8.58. The first kappa shape index (κ1) is 13.7. The Labute approximate surface area is 111 Å². The van der Waals surface area contributed by atoms with E-state index in [0.717, 1.165) is 18.6 Å². The van der Waals surface area contributed by atoms with Crippen LogP contribution >= 0.6 is 0 Å². The van der Waals surface area contributed by atoms with Gasteiger partial charge in [-0.25, -0.2) is 0 Å². The zero-order valence-electron chi connectivity index (χ0n) is 11.0. The molecule has 1 saturated heterocycles. The van der Waals surface area contributed by atoms with Gasteiger partial charge in [-0.1, -0.05) is 29.8 Å². The molecule has 1 aliphatic rings. The topological polar surface area (TPSA) is 52.3 Å². The van der Waals surface area contributed by atoms with E-state index in [1.807, 2.05) is 38.1 Å². The van der Waals surface area contributed by atoms with Gasteiger partial charge in [-0.15, -0.1) is 0 Å². The van der Waals surface area contributed by atoms with Crippen molar-refractivity contribution in [2.24, 2.45) is 5.73 Å². The van der Waals surface area contributed by atoms with Gasteiger partial charge in [0.15, 0.2) is 0 Å². The summed E-state index contributed by atoms with van der Waals surface area (Å²) in [5.74, 6) is 0.515. The predicted octanol–water partition coefficient (Wildman–Crippen LogP) is 1.92. The summed E-state index contributed by atoms with van der Waals surface area (Å²) in [6, 6.07) is 7.97. The average Bonchev–Trinajstić information content (AvgIpc) is 2.76. The molecule has 0 spiro atoms. The van der Waals surface area contributed by atoms with E-state index in [-0.39, 0.29) is 17.4 Å². The molecule has 4 atom stereocenters. The number of aryl methyl sites for hydroxylation is 1. The van der Waals surface area contributed by atoms with Gasteiger partial charge < -0.3 is 10.5 Å². The van der Waals surface area contributed by atoms with Crippen molar-refractivity contribution in [2.45, 2.75) is 37.7 Å². The van der Waals surface area contributed by atoms with Gasteiger partial charge in [-0.3, -0.25) is 4.21 Å². The van der Waals surface area contributed by atoms with Crippen LogP contribution in [0.2, 0.25) is 0 Å². The summed E-state index contributed by atoms with van der Waals surface area (Å²) in [7, 11) is -0.911. The largest absolute Gasteiger partial charge is 0.377 e. The molecule has 18 heavy (non-hydrogen) atoms. The molecule has 3 nitrogen and oxygen atoms in total. The van der Waals surface area contributed by atoms with E-state index < -0.39 is 10.8 Å². The minimum absolute atomic E-state index is 0.0936. The van der Waals surface area contributed by atoms with Crippen LogP contribution in [0.15, 0.2) is 24.3 Å². The average molecular weight is 267 g/mol. The highest BCUT2D eigenvalue weighted by atomic mass is 32.2. The Morgan fingerprint density at radius 1 is 1.44 bits per heavy atom. The summed E-state index contributed by atoms with van der Waals surface area (Å²) in [5.41, 5.74) is 8.39. The van der Waals surface area contributed by atoms with Crippen LogP contribution in [0.1, 0.15) is 30.5 Å². The molecule has 1 aromatic rings. The molecule has 1 aliphatic heterocycles. The van der Waals surface area contributed by atoms with Crippen molar-refractivity contribution in [2.75, 3.05) is 12.4 Å². The first-order valence-corrected chi connectivity index (χ1v) is 7.77. The fourth-order valence-corrected chi connectivity index (χ4v) is 3.93. The molecular weight excluding hydrogens is 246 g/mol. The Bertz CT molecular complexity index is 418. The number of rotatable bonds is 4. The molecule has 0 aliphatic carbocycles. The van der Waals surface area contributed by atoms with Crippen molar-refractivity contribution >= 4 is 10.8 Å². The molecule has 1 aromatic carbocycles. The normalized spacial score (nSPS) is 27.1. The van der Waals surface area contributed by atoms with E-state index in [4.69, 9.17) is 10.5 Å². The third-order valence-electron chi connectivity index (χ3n) is 3.49. The molecule has 0 amide bonds. The van der Waals surface area contributed by atoms with Crippen molar-refractivity contribution < 1.29 is 8.95 Å². The van der Waals surface area contributed by atoms with E-state index >= 15 is 0 Å². The lowest BCUT2D eigenvalue weighted by Crippen LogP contribution is -2.29. The summed E-state index contributed by atoms with van der Waals surface area (Å²) >= 11 is 0. The summed E-state index contributed by atoms with van der Waals surface area (Å²) in [4.78, 5) is 0. The standard InChI is InChI=1S/C14H21NO2S/c1-10-3-5-12(6-4-10)13(15)9-18(16)14-7-8-17-11(14)2/h3-6,11,13-14H,7-9,15H2,1-2H3. The lowest BCUT2D eigenvalue weighted by atomic mass is 10.1.